The second-order valence-electron chi connectivity index (χ2n) is 6.43. The summed E-state index contributed by atoms with van der Waals surface area (Å²) in [5.41, 5.74) is 4.48. The van der Waals surface area contributed by atoms with Crippen LogP contribution < -0.4 is 5.73 Å². The summed E-state index contributed by atoms with van der Waals surface area (Å²) >= 11 is 0. The van der Waals surface area contributed by atoms with Crippen molar-refractivity contribution in [2.45, 2.75) is 58.5 Å². The fourth-order valence-electron chi connectivity index (χ4n) is 2.84. The molecule has 1 unspecified atom stereocenters. The predicted octanol–water partition coefficient (Wildman–Crippen LogP) is 1.94. The van der Waals surface area contributed by atoms with Crippen LogP contribution in [0.1, 0.15) is 52.9 Å². The van der Waals surface area contributed by atoms with Crippen molar-refractivity contribution in [3.8, 4) is 0 Å². The van der Waals surface area contributed by atoms with Gasteiger partial charge in [0.1, 0.15) is 5.60 Å². The molecule has 5 heteroatoms. The molecule has 0 aromatic heterocycles. The minimum Gasteiger partial charge on any atom is -0.481 e. The van der Waals surface area contributed by atoms with Crippen LogP contribution in [0.5, 0.6) is 0 Å². The van der Waals surface area contributed by atoms with Crippen LogP contribution >= 0.6 is 0 Å². The normalized spacial score (nSPS) is 20.6. The van der Waals surface area contributed by atoms with Crippen molar-refractivity contribution in [1.82, 2.24) is 0 Å². The molecule has 5 nitrogen and oxygen atoms in total. The molecule has 1 aliphatic rings. The number of aliphatic carboxylic acids is 1. The molecule has 1 fully saturated rings. The molecule has 0 spiro atoms. The smallest absolute Gasteiger partial charge is 0.321 e. The first-order valence-corrected chi connectivity index (χ1v) is 6.88. The van der Waals surface area contributed by atoms with E-state index in [-0.39, 0.29) is 6.54 Å². The van der Waals surface area contributed by atoms with Crippen molar-refractivity contribution in [3.63, 3.8) is 0 Å². The fourth-order valence-corrected chi connectivity index (χ4v) is 2.84. The SMILES string of the molecule is CC(C)(C)OC(=O)C(C(=O)O)C1(CN)CCCCC1. The van der Waals surface area contributed by atoms with E-state index in [1.54, 1.807) is 20.8 Å². The van der Waals surface area contributed by atoms with Gasteiger partial charge in [-0.3, -0.25) is 9.59 Å². The maximum atomic E-state index is 12.2. The van der Waals surface area contributed by atoms with Gasteiger partial charge in [-0.25, -0.2) is 0 Å². The Morgan fingerprint density at radius 2 is 1.79 bits per heavy atom. The zero-order valence-electron chi connectivity index (χ0n) is 12.1. The molecule has 1 atom stereocenters. The summed E-state index contributed by atoms with van der Waals surface area (Å²) in [6.07, 6.45) is 4.27. The summed E-state index contributed by atoms with van der Waals surface area (Å²) in [6.45, 7) is 5.42. The van der Waals surface area contributed by atoms with E-state index in [4.69, 9.17) is 10.5 Å². The molecule has 110 valence electrons. The van der Waals surface area contributed by atoms with Gasteiger partial charge in [0.05, 0.1) is 0 Å². The summed E-state index contributed by atoms with van der Waals surface area (Å²) in [5, 5.41) is 9.43. The van der Waals surface area contributed by atoms with Crippen molar-refractivity contribution in [3.05, 3.63) is 0 Å². The Balaban J connectivity index is 2.98. The van der Waals surface area contributed by atoms with Crippen LogP contribution in [-0.2, 0) is 14.3 Å². The van der Waals surface area contributed by atoms with E-state index in [0.717, 1.165) is 19.3 Å². The summed E-state index contributed by atoms with van der Waals surface area (Å²) in [7, 11) is 0. The molecule has 1 saturated carbocycles. The minimum atomic E-state index is -1.16. The second-order valence-corrected chi connectivity index (χ2v) is 6.43. The molecule has 0 amide bonds. The van der Waals surface area contributed by atoms with Crippen LogP contribution in [0.4, 0.5) is 0 Å². The number of rotatable bonds is 4. The molecular weight excluding hydrogens is 246 g/mol. The molecule has 1 rings (SSSR count). The molecule has 0 aromatic carbocycles. The Labute approximate surface area is 114 Å². The van der Waals surface area contributed by atoms with Crippen LogP contribution in [0, 0.1) is 11.3 Å². The summed E-state index contributed by atoms with van der Waals surface area (Å²) in [6, 6.07) is 0. The monoisotopic (exact) mass is 271 g/mol. The Morgan fingerprint density at radius 3 is 2.16 bits per heavy atom. The van der Waals surface area contributed by atoms with E-state index in [1.165, 1.54) is 0 Å². The Bertz CT molecular complexity index is 340. The van der Waals surface area contributed by atoms with Gasteiger partial charge in [-0.15, -0.1) is 0 Å². The van der Waals surface area contributed by atoms with Crippen molar-refractivity contribution in [2.24, 2.45) is 17.1 Å². The predicted molar refractivity (Wildman–Crippen MR) is 71.5 cm³/mol. The lowest BCUT2D eigenvalue weighted by Gasteiger charge is -2.40. The number of hydrogen-bond acceptors (Lipinski definition) is 4. The molecule has 0 saturated heterocycles. The van der Waals surface area contributed by atoms with Crippen LogP contribution in [0.15, 0.2) is 0 Å². The number of esters is 1. The summed E-state index contributed by atoms with van der Waals surface area (Å²) in [5.74, 6) is -2.94. The van der Waals surface area contributed by atoms with Crippen LogP contribution in [0.3, 0.4) is 0 Å². The Kier molecular flexibility index (Phi) is 4.96. The third kappa shape index (κ3) is 3.93. The zero-order valence-corrected chi connectivity index (χ0v) is 12.1. The average molecular weight is 271 g/mol. The highest BCUT2D eigenvalue weighted by atomic mass is 16.6. The maximum Gasteiger partial charge on any atom is 0.321 e. The molecular formula is C14H25NO4. The highest BCUT2D eigenvalue weighted by Gasteiger charge is 2.48. The van der Waals surface area contributed by atoms with Gasteiger partial charge >= 0.3 is 11.9 Å². The van der Waals surface area contributed by atoms with Crippen molar-refractivity contribution < 1.29 is 19.4 Å². The molecule has 0 aliphatic heterocycles. The van der Waals surface area contributed by atoms with Gasteiger partial charge in [-0.05, 0) is 40.2 Å². The molecule has 0 heterocycles. The molecule has 0 bridgehead atoms. The van der Waals surface area contributed by atoms with E-state index in [2.05, 4.69) is 0 Å². The van der Waals surface area contributed by atoms with Gasteiger partial charge in [0.2, 0.25) is 0 Å². The van der Waals surface area contributed by atoms with Crippen LogP contribution in [-0.4, -0.2) is 29.2 Å². The lowest BCUT2D eigenvalue weighted by Crippen LogP contribution is -2.49. The lowest BCUT2D eigenvalue weighted by molar-refractivity contribution is -0.174. The largest absolute Gasteiger partial charge is 0.481 e. The molecule has 1 aliphatic carbocycles. The number of nitrogens with two attached hydrogens (primary N) is 1. The topological polar surface area (TPSA) is 89.6 Å². The number of carboxylic acid groups (broad SMARTS) is 1. The van der Waals surface area contributed by atoms with Gasteiger partial charge in [0.15, 0.2) is 5.92 Å². The number of carbonyl (C=O) groups is 2. The maximum absolute atomic E-state index is 12.2. The van der Waals surface area contributed by atoms with Crippen LogP contribution in [0.2, 0.25) is 0 Å². The van der Waals surface area contributed by atoms with Crippen LogP contribution in [0.25, 0.3) is 0 Å². The Hall–Kier alpha value is -1.10. The zero-order chi connectivity index (χ0) is 14.7. The summed E-state index contributed by atoms with van der Waals surface area (Å²) < 4.78 is 5.27. The van der Waals surface area contributed by atoms with Crippen molar-refractivity contribution in [2.75, 3.05) is 6.54 Å². The van der Waals surface area contributed by atoms with Gasteiger partial charge in [-0.1, -0.05) is 19.3 Å². The molecule has 0 aromatic rings. The van der Waals surface area contributed by atoms with E-state index in [9.17, 15) is 14.7 Å². The minimum absolute atomic E-state index is 0.212. The number of carboxylic acids is 1. The van der Waals surface area contributed by atoms with Crippen molar-refractivity contribution in [1.29, 1.82) is 0 Å². The molecule has 19 heavy (non-hydrogen) atoms. The number of hydrogen-bond donors (Lipinski definition) is 2. The van der Waals surface area contributed by atoms with Gasteiger partial charge < -0.3 is 15.6 Å². The third-order valence-electron chi connectivity index (χ3n) is 3.76. The molecule has 3 N–H and O–H groups in total. The number of ether oxygens (including phenoxy) is 1. The standard InChI is InChI=1S/C14H25NO4/c1-13(2,3)19-12(18)10(11(16)17)14(9-15)7-5-4-6-8-14/h10H,4-9,15H2,1-3H3,(H,16,17). The Morgan fingerprint density at radius 1 is 1.26 bits per heavy atom. The first kappa shape index (κ1) is 16.0. The van der Waals surface area contributed by atoms with E-state index < -0.39 is 28.9 Å². The van der Waals surface area contributed by atoms with Gasteiger partial charge in [0.25, 0.3) is 0 Å². The van der Waals surface area contributed by atoms with Gasteiger partial charge in [-0.2, -0.15) is 0 Å². The van der Waals surface area contributed by atoms with E-state index >= 15 is 0 Å². The van der Waals surface area contributed by atoms with E-state index in [1.807, 2.05) is 0 Å². The lowest BCUT2D eigenvalue weighted by atomic mass is 9.65. The van der Waals surface area contributed by atoms with E-state index in [0.29, 0.717) is 12.8 Å². The van der Waals surface area contributed by atoms with Gasteiger partial charge in [0, 0.05) is 5.41 Å². The average Bonchev–Trinajstić information content (AvgIpc) is 2.27. The first-order valence-electron chi connectivity index (χ1n) is 6.88. The molecule has 0 radical (unpaired) electrons. The first-order chi connectivity index (χ1) is 8.72. The highest BCUT2D eigenvalue weighted by molar-refractivity contribution is 5.95. The quantitative estimate of drug-likeness (QED) is 0.602. The highest BCUT2D eigenvalue weighted by Crippen LogP contribution is 2.43. The third-order valence-corrected chi connectivity index (χ3v) is 3.76. The van der Waals surface area contributed by atoms with Crippen molar-refractivity contribution >= 4 is 11.9 Å². The second kappa shape index (κ2) is 5.90. The fraction of sp³-hybridized carbons (Fsp3) is 0.857. The summed E-state index contributed by atoms with van der Waals surface area (Å²) in [4.78, 5) is 23.7. The number of carbonyl (C=O) groups excluding carboxylic acids is 1.